The Morgan fingerprint density at radius 3 is 2.33 bits per heavy atom. The summed E-state index contributed by atoms with van der Waals surface area (Å²) >= 11 is 0. The van der Waals surface area contributed by atoms with E-state index >= 15 is 0 Å². The Labute approximate surface area is 89.4 Å². The molecule has 0 spiro atoms. The highest BCUT2D eigenvalue weighted by Crippen LogP contribution is 2.08. The summed E-state index contributed by atoms with van der Waals surface area (Å²) in [5, 5.41) is 20.7. The van der Waals surface area contributed by atoms with E-state index in [1.54, 1.807) is 6.92 Å². The van der Waals surface area contributed by atoms with Crippen molar-refractivity contribution in [1.29, 1.82) is 0 Å². The van der Waals surface area contributed by atoms with Crippen LogP contribution in [0.3, 0.4) is 0 Å². The van der Waals surface area contributed by atoms with Crippen molar-refractivity contribution in [2.45, 2.75) is 25.0 Å². The summed E-state index contributed by atoms with van der Waals surface area (Å²) in [5.74, 6) is -0.426. The zero-order valence-electron chi connectivity index (χ0n) is 9.19. The van der Waals surface area contributed by atoms with Gasteiger partial charge < -0.3 is 26.0 Å². The number of amides is 1. The van der Waals surface area contributed by atoms with Gasteiger partial charge in [0.25, 0.3) is 5.91 Å². The van der Waals surface area contributed by atoms with E-state index in [4.69, 9.17) is 20.7 Å². The molecule has 0 aliphatic carbocycles. The van der Waals surface area contributed by atoms with Crippen LogP contribution in [0.4, 0.5) is 0 Å². The first-order valence-corrected chi connectivity index (χ1v) is 4.85. The molecule has 15 heavy (non-hydrogen) atoms. The normalized spacial score (nSPS) is 13.7. The number of carbonyl (C=O) groups excluding carboxylic acids is 1. The zero-order valence-corrected chi connectivity index (χ0v) is 9.19. The van der Waals surface area contributed by atoms with E-state index in [1.807, 2.05) is 0 Å². The summed E-state index contributed by atoms with van der Waals surface area (Å²) in [6.07, 6.45) is -0.332. The molecule has 0 bridgehead atoms. The molecule has 6 heteroatoms. The molecule has 1 amide bonds. The molecule has 0 aromatic carbocycles. The van der Waals surface area contributed by atoms with Crippen molar-refractivity contribution in [3.8, 4) is 0 Å². The monoisotopic (exact) mass is 220 g/mol. The van der Waals surface area contributed by atoms with Gasteiger partial charge in [-0.1, -0.05) is 6.92 Å². The molecular formula is C9H20N2O4. The average molecular weight is 220 g/mol. The van der Waals surface area contributed by atoms with Gasteiger partial charge in [-0.15, -0.1) is 0 Å². The molecule has 6 nitrogen and oxygen atoms in total. The Morgan fingerprint density at radius 1 is 1.53 bits per heavy atom. The Hall–Kier alpha value is -0.690. The fraction of sp³-hybridized carbons (Fsp3) is 0.889. The Morgan fingerprint density at radius 2 is 2.07 bits per heavy atom. The Bertz CT molecular complexity index is 182. The second-order valence-corrected chi connectivity index (χ2v) is 3.40. The van der Waals surface area contributed by atoms with Crippen molar-refractivity contribution >= 4 is 5.91 Å². The van der Waals surface area contributed by atoms with Crippen LogP contribution in [-0.2, 0) is 9.53 Å². The molecule has 0 aromatic rings. The molecule has 1 atom stereocenters. The molecule has 0 aliphatic rings. The lowest BCUT2D eigenvalue weighted by Gasteiger charge is -2.31. The number of nitrogens with one attached hydrogen (secondary N) is 1. The van der Waals surface area contributed by atoms with Gasteiger partial charge in [-0.3, -0.25) is 4.79 Å². The van der Waals surface area contributed by atoms with E-state index in [9.17, 15) is 4.79 Å². The third-order valence-corrected chi connectivity index (χ3v) is 2.46. The van der Waals surface area contributed by atoms with Crippen LogP contribution in [0.1, 0.15) is 13.3 Å². The molecule has 0 aliphatic heterocycles. The molecule has 90 valence electrons. The molecule has 0 aromatic heterocycles. The van der Waals surface area contributed by atoms with Gasteiger partial charge >= 0.3 is 0 Å². The maximum atomic E-state index is 11.6. The van der Waals surface area contributed by atoms with Gasteiger partial charge in [0.2, 0.25) is 0 Å². The minimum atomic E-state index is -0.997. The molecule has 0 radical (unpaired) electrons. The molecule has 5 N–H and O–H groups in total. The SMILES string of the molecule is CCC(CO)(CO)NC(=O)C(CN)OC. The summed E-state index contributed by atoms with van der Waals surface area (Å²) in [5.41, 5.74) is 4.32. The van der Waals surface area contributed by atoms with Crippen LogP contribution in [0, 0.1) is 0 Å². The van der Waals surface area contributed by atoms with Gasteiger partial charge in [0.05, 0.1) is 18.8 Å². The molecule has 0 rings (SSSR count). The fourth-order valence-electron chi connectivity index (χ4n) is 1.09. The van der Waals surface area contributed by atoms with E-state index in [2.05, 4.69) is 5.32 Å². The van der Waals surface area contributed by atoms with E-state index in [0.717, 1.165) is 0 Å². The Kier molecular flexibility index (Phi) is 6.42. The predicted octanol–water partition coefficient (Wildman–Crippen LogP) is -1.79. The summed E-state index contributed by atoms with van der Waals surface area (Å²) in [4.78, 5) is 11.6. The summed E-state index contributed by atoms with van der Waals surface area (Å²) in [7, 11) is 1.38. The molecule has 0 saturated heterocycles. The number of hydrogen-bond donors (Lipinski definition) is 4. The van der Waals surface area contributed by atoms with Crippen LogP contribution in [-0.4, -0.2) is 54.6 Å². The highest BCUT2D eigenvalue weighted by atomic mass is 16.5. The number of aliphatic hydroxyl groups is 2. The smallest absolute Gasteiger partial charge is 0.251 e. The van der Waals surface area contributed by atoms with Crippen molar-refractivity contribution in [1.82, 2.24) is 5.32 Å². The van der Waals surface area contributed by atoms with Crippen molar-refractivity contribution < 1.29 is 19.7 Å². The highest BCUT2D eigenvalue weighted by molar-refractivity contribution is 5.81. The minimum Gasteiger partial charge on any atom is -0.394 e. The van der Waals surface area contributed by atoms with Crippen molar-refractivity contribution in [2.24, 2.45) is 5.73 Å². The molecule has 0 heterocycles. The lowest BCUT2D eigenvalue weighted by Crippen LogP contribution is -2.57. The number of ether oxygens (including phenoxy) is 1. The molecule has 0 saturated carbocycles. The first-order valence-electron chi connectivity index (χ1n) is 4.85. The number of nitrogens with two attached hydrogens (primary N) is 1. The van der Waals surface area contributed by atoms with Crippen molar-refractivity contribution in [2.75, 3.05) is 26.9 Å². The summed E-state index contributed by atoms with van der Waals surface area (Å²) < 4.78 is 4.84. The first-order chi connectivity index (χ1) is 7.09. The first kappa shape index (κ1) is 14.3. The average Bonchev–Trinajstić information content (AvgIpc) is 2.28. The lowest BCUT2D eigenvalue weighted by atomic mass is 9.98. The second kappa shape index (κ2) is 6.73. The highest BCUT2D eigenvalue weighted by Gasteiger charge is 2.31. The van der Waals surface area contributed by atoms with E-state index < -0.39 is 17.6 Å². The third kappa shape index (κ3) is 3.75. The van der Waals surface area contributed by atoms with E-state index in [-0.39, 0.29) is 19.8 Å². The number of rotatable bonds is 7. The Balaban J connectivity index is 4.46. The molecular weight excluding hydrogens is 200 g/mol. The van der Waals surface area contributed by atoms with E-state index in [0.29, 0.717) is 6.42 Å². The standard InChI is InChI=1S/C9H20N2O4/c1-3-9(5-12,6-13)11-8(14)7(4-10)15-2/h7,12-13H,3-6,10H2,1-2H3,(H,11,14). The largest absolute Gasteiger partial charge is 0.394 e. The van der Waals surface area contributed by atoms with Gasteiger partial charge in [0, 0.05) is 13.7 Å². The zero-order chi connectivity index (χ0) is 11.9. The van der Waals surface area contributed by atoms with Crippen LogP contribution < -0.4 is 11.1 Å². The van der Waals surface area contributed by atoms with Crippen LogP contribution in [0.5, 0.6) is 0 Å². The maximum absolute atomic E-state index is 11.6. The summed E-state index contributed by atoms with van der Waals surface area (Å²) in [6.45, 7) is 1.16. The van der Waals surface area contributed by atoms with Gasteiger partial charge in [0.15, 0.2) is 0 Å². The van der Waals surface area contributed by atoms with Gasteiger partial charge in [-0.25, -0.2) is 0 Å². The van der Waals surface area contributed by atoms with Crippen molar-refractivity contribution in [3.63, 3.8) is 0 Å². The van der Waals surface area contributed by atoms with Crippen molar-refractivity contribution in [3.05, 3.63) is 0 Å². The van der Waals surface area contributed by atoms with E-state index in [1.165, 1.54) is 7.11 Å². The van der Waals surface area contributed by atoms with Gasteiger partial charge in [-0.05, 0) is 6.42 Å². The van der Waals surface area contributed by atoms with Gasteiger partial charge in [0.1, 0.15) is 6.10 Å². The fourth-order valence-corrected chi connectivity index (χ4v) is 1.09. The number of aliphatic hydroxyl groups excluding tert-OH is 2. The van der Waals surface area contributed by atoms with Crippen LogP contribution in [0.25, 0.3) is 0 Å². The van der Waals surface area contributed by atoms with Crippen LogP contribution in [0.15, 0.2) is 0 Å². The summed E-state index contributed by atoms with van der Waals surface area (Å²) in [6, 6.07) is 0. The third-order valence-electron chi connectivity index (χ3n) is 2.46. The van der Waals surface area contributed by atoms with Gasteiger partial charge in [-0.2, -0.15) is 0 Å². The number of hydrogen-bond acceptors (Lipinski definition) is 5. The quantitative estimate of drug-likeness (QED) is 0.405. The topological polar surface area (TPSA) is 105 Å². The second-order valence-electron chi connectivity index (χ2n) is 3.40. The minimum absolute atomic E-state index is 0.0545. The predicted molar refractivity (Wildman–Crippen MR) is 55.2 cm³/mol. The number of carbonyl (C=O) groups is 1. The van der Waals surface area contributed by atoms with Crippen LogP contribution >= 0.6 is 0 Å². The molecule has 0 fully saturated rings. The number of methoxy groups -OCH3 is 1. The maximum Gasteiger partial charge on any atom is 0.251 e. The molecule has 1 unspecified atom stereocenters. The lowest BCUT2D eigenvalue weighted by molar-refractivity contribution is -0.134. The van der Waals surface area contributed by atoms with Crippen LogP contribution in [0.2, 0.25) is 0 Å².